The summed E-state index contributed by atoms with van der Waals surface area (Å²) in [6.45, 7) is 4.51. The molecule has 20 heavy (non-hydrogen) atoms. The minimum absolute atomic E-state index is 0.498. The van der Waals surface area contributed by atoms with E-state index in [1.54, 1.807) is 0 Å². The zero-order chi connectivity index (χ0) is 13.7. The van der Waals surface area contributed by atoms with E-state index in [0.29, 0.717) is 12.0 Å². The van der Waals surface area contributed by atoms with Gasteiger partial charge in [-0.25, -0.2) is 4.98 Å². The van der Waals surface area contributed by atoms with E-state index in [1.165, 1.54) is 22.7 Å². The van der Waals surface area contributed by atoms with Gasteiger partial charge in [0.25, 0.3) is 0 Å². The Hall–Kier alpha value is -1.33. The van der Waals surface area contributed by atoms with Gasteiger partial charge in [-0.15, -0.1) is 0 Å². The van der Waals surface area contributed by atoms with Gasteiger partial charge in [0.1, 0.15) is 5.65 Å². The minimum atomic E-state index is 0.498. The molecule has 4 nitrogen and oxygen atoms in total. The quantitative estimate of drug-likeness (QED) is 0.716. The molecule has 0 aromatic carbocycles. The number of rotatable bonds is 1. The van der Waals surface area contributed by atoms with Crippen molar-refractivity contribution in [3.63, 3.8) is 0 Å². The number of fused-ring (bicyclic) bond motifs is 3. The van der Waals surface area contributed by atoms with Crippen molar-refractivity contribution in [2.75, 3.05) is 13.1 Å². The molecule has 2 atom stereocenters. The van der Waals surface area contributed by atoms with Crippen molar-refractivity contribution in [2.45, 2.75) is 19.4 Å². The second-order valence-corrected chi connectivity index (χ2v) is 6.54. The number of aromatic amines is 1. The van der Waals surface area contributed by atoms with Crippen molar-refractivity contribution < 1.29 is 0 Å². The van der Waals surface area contributed by atoms with E-state index in [4.69, 9.17) is 0 Å². The summed E-state index contributed by atoms with van der Waals surface area (Å²) in [6.07, 6.45) is 7.36. The maximum absolute atomic E-state index is 4.49. The van der Waals surface area contributed by atoms with Crippen LogP contribution in [0.25, 0.3) is 21.9 Å². The van der Waals surface area contributed by atoms with Crippen molar-refractivity contribution in [2.24, 2.45) is 5.92 Å². The molecule has 4 rings (SSSR count). The standard InChI is InChI=1S/C15H17BrN4/c1-9-2-4-17-7-13(9)20-8-12(16)11-6-19-15-10(14(11)20)3-5-18-15/h3,5-6,8-9,13,17H,2,4,7H2,1H3,(H,18,19)/t9-,13+/m1/s1. The number of nitrogens with one attached hydrogen (secondary N) is 2. The molecule has 2 N–H and O–H groups in total. The van der Waals surface area contributed by atoms with E-state index in [9.17, 15) is 0 Å². The number of H-pyrrole nitrogens is 1. The molecule has 4 heterocycles. The molecule has 0 saturated carbocycles. The highest BCUT2D eigenvalue weighted by atomic mass is 79.9. The maximum atomic E-state index is 4.49. The van der Waals surface area contributed by atoms with Gasteiger partial charge in [-0.2, -0.15) is 0 Å². The first-order valence-electron chi connectivity index (χ1n) is 7.08. The van der Waals surface area contributed by atoms with Crippen LogP contribution in [0.1, 0.15) is 19.4 Å². The highest BCUT2D eigenvalue weighted by Crippen LogP contribution is 2.35. The lowest BCUT2D eigenvalue weighted by Gasteiger charge is -2.31. The second-order valence-electron chi connectivity index (χ2n) is 5.68. The Balaban J connectivity index is 2.00. The number of pyridine rings is 1. The fraction of sp³-hybridized carbons (Fsp3) is 0.400. The summed E-state index contributed by atoms with van der Waals surface area (Å²) in [4.78, 5) is 7.70. The zero-order valence-corrected chi connectivity index (χ0v) is 12.9. The molecule has 0 spiro atoms. The van der Waals surface area contributed by atoms with E-state index in [2.05, 4.69) is 55.0 Å². The first-order chi connectivity index (χ1) is 9.75. The SMILES string of the molecule is C[C@@H]1CCNC[C@@H]1n1cc(Br)c2cnc3[nH]ccc3c21. The fourth-order valence-corrected chi connectivity index (χ4v) is 3.82. The topological polar surface area (TPSA) is 45.6 Å². The molecule has 0 bridgehead atoms. The van der Waals surface area contributed by atoms with Crippen LogP contribution < -0.4 is 5.32 Å². The summed E-state index contributed by atoms with van der Waals surface area (Å²) in [5, 5.41) is 5.91. The molecular weight excluding hydrogens is 316 g/mol. The summed E-state index contributed by atoms with van der Waals surface area (Å²) in [6, 6.07) is 2.62. The fourth-order valence-electron chi connectivity index (χ4n) is 3.31. The van der Waals surface area contributed by atoms with E-state index in [1.807, 2.05) is 12.4 Å². The number of halogens is 1. The summed E-state index contributed by atoms with van der Waals surface area (Å²) in [5.74, 6) is 0.681. The molecule has 0 radical (unpaired) electrons. The van der Waals surface area contributed by atoms with Crippen LogP contribution in [0.15, 0.2) is 29.1 Å². The molecule has 1 saturated heterocycles. The Morgan fingerprint density at radius 2 is 2.30 bits per heavy atom. The van der Waals surface area contributed by atoms with Gasteiger partial charge in [0.05, 0.1) is 5.52 Å². The molecule has 1 aliphatic heterocycles. The van der Waals surface area contributed by atoms with Gasteiger partial charge < -0.3 is 14.9 Å². The van der Waals surface area contributed by atoms with Crippen LogP contribution in [0.2, 0.25) is 0 Å². The Labute approximate surface area is 125 Å². The first-order valence-corrected chi connectivity index (χ1v) is 7.88. The lowest BCUT2D eigenvalue weighted by molar-refractivity contribution is 0.280. The summed E-state index contributed by atoms with van der Waals surface area (Å²) < 4.78 is 3.55. The molecule has 104 valence electrons. The number of hydrogen-bond acceptors (Lipinski definition) is 2. The summed E-state index contributed by atoms with van der Waals surface area (Å²) >= 11 is 3.69. The smallest absolute Gasteiger partial charge is 0.139 e. The van der Waals surface area contributed by atoms with Gasteiger partial charge >= 0.3 is 0 Å². The highest BCUT2D eigenvalue weighted by Gasteiger charge is 2.25. The number of nitrogens with zero attached hydrogens (tertiary/aromatic N) is 2. The molecule has 0 aliphatic carbocycles. The van der Waals surface area contributed by atoms with Gasteiger partial charge in [-0.05, 0) is 40.9 Å². The van der Waals surface area contributed by atoms with E-state index in [0.717, 1.165) is 23.2 Å². The van der Waals surface area contributed by atoms with Gasteiger partial charge in [-0.1, -0.05) is 6.92 Å². The number of piperidine rings is 1. The Morgan fingerprint density at radius 3 is 3.15 bits per heavy atom. The van der Waals surface area contributed by atoms with Crippen molar-refractivity contribution in [3.8, 4) is 0 Å². The van der Waals surface area contributed by atoms with Crippen molar-refractivity contribution in [3.05, 3.63) is 29.1 Å². The highest BCUT2D eigenvalue weighted by molar-refractivity contribution is 9.10. The second kappa shape index (κ2) is 4.60. The summed E-state index contributed by atoms with van der Waals surface area (Å²) in [7, 11) is 0. The van der Waals surface area contributed by atoms with Gasteiger partial charge in [-0.3, -0.25) is 0 Å². The van der Waals surface area contributed by atoms with Gasteiger partial charge in [0.15, 0.2) is 0 Å². The molecule has 1 aliphatic rings. The molecular formula is C15H17BrN4. The third-order valence-corrected chi connectivity index (χ3v) is 5.10. The van der Waals surface area contributed by atoms with Gasteiger partial charge in [0, 0.05) is 46.4 Å². The molecule has 3 aromatic heterocycles. The predicted molar refractivity (Wildman–Crippen MR) is 85.0 cm³/mol. The van der Waals surface area contributed by atoms with Crippen LogP contribution in [0.4, 0.5) is 0 Å². The largest absolute Gasteiger partial charge is 0.346 e. The van der Waals surface area contributed by atoms with Crippen LogP contribution >= 0.6 is 15.9 Å². The van der Waals surface area contributed by atoms with Crippen molar-refractivity contribution in [1.82, 2.24) is 19.9 Å². The van der Waals surface area contributed by atoms with Crippen LogP contribution in [0, 0.1) is 5.92 Å². The third kappa shape index (κ3) is 1.73. The number of aromatic nitrogens is 3. The molecule has 1 fully saturated rings. The van der Waals surface area contributed by atoms with Crippen molar-refractivity contribution in [1.29, 1.82) is 0 Å². The lowest BCUT2D eigenvalue weighted by Crippen LogP contribution is -2.36. The zero-order valence-electron chi connectivity index (χ0n) is 11.4. The lowest BCUT2D eigenvalue weighted by atomic mass is 9.94. The van der Waals surface area contributed by atoms with Crippen molar-refractivity contribution >= 4 is 37.9 Å². The predicted octanol–water partition coefficient (Wildman–Crippen LogP) is 3.45. The minimum Gasteiger partial charge on any atom is -0.346 e. The van der Waals surface area contributed by atoms with Gasteiger partial charge in [0.2, 0.25) is 0 Å². The maximum Gasteiger partial charge on any atom is 0.139 e. The molecule has 3 aromatic rings. The Morgan fingerprint density at radius 1 is 1.40 bits per heavy atom. The Bertz CT molecular complexity index is 773. The average molecular weight is 333 g/mol. The van der Waals surface area contributed by atoms with E-state index >= 15 is 0 Å². The van der Waals surface area contributed by atoms with E-state index < -0.39 is 0 Å². The van der Waals surface area contributed by atoms with Crippen LogP contribution in [0.5, 0.6) is 0 Å². The van der Waals surface area contributed by atoms with Crippen LogP contribution in [0.3, 0.4) is 0 Å². The summed E-state index contributed by atoms with van der Waals surface area (Å²) in [5.41, 5.74) is 2.24. The van der Waals surface area contributed by atoms with E-state index in [-0.39, 0.29) is 0 Å². The van der Waals surface area contributed by atoms with Crippen LogP contribution in [-0.2, 0) is 0 Å². The average Bonchev–Trinajstić information content (AvgIpc) is 3.04. The normalized spacial score (nSPS) is 23.7. The number of hydrogen-bond donors (Lipinski definition) is 2. The van der Waals surface area contributed by atoms with Crippen LogP contribution in [-0.4, -0.2) is 27.6 Å². The Kier molecular flexibility index (Phi) is 2.86. The molecule has 5 heteroatoms. The third-order valence-electron chi connectivity index (χ3n) is 4.47. The molecule has 0 amide bonds. The molecule has 0 unspecified atom stereocenters. The first kappa shape index (κ1) is 12.4. The monoisotopic (exact) mass is 332 g/mol.